The number of amides is 3. The van der Waals surface area contributed by atoms with Crippen LogP contribution in [-0.2, 0) is 19.1 Å². The maximum Gasteiger partial charge on any atom is 0.311 e. The van der Waals surface area contributed by atoms with Gasteiger partial charge in [-0.1, -0.05) is 41.9 Å². The van der Waals surface area contributed by atoms with E-state index in [0.717, 1.165) is 10.6 Å². The number of nitrogens with one attached hydrogen (secondary N) is 2. The summed E-state index contributed by atoms with van der Waals surface area (Å²) >= 11 is 5.98. The number of aryl methyl sites for hydroxylation is 1. The van der Waals surface area contributed by atoms with Gasteiger partial charge in [-0.05, 0) is 30.7 Å². The molecule has 1 aliphatic rings. The molecule has 0 aliphatic carbocycles. The quantitative estimate of drug-likeness (QED) is 0.686. The van der Waals surface area contributed by atoms with E-state index < -0.39 is 36.2 Å². The smallest absolute Gasteiger partial charge is 0.311 e. The van der Waals surface area contributed by atoms with Crippen molar-refractivity contribution in [2.24, 2.45) is 5.92 Å². The number of carbonyl (C=O) groups is 4. The lowest BCUT2D eigenvalue weighted by atomic mass is 10.1. The average Bonchev–Trinajstić information content (AvgIpc) is 3.08. The van der Waals surface area contributed by atoms with Crippen molar-refractivity contribution in [1.29, 1.82) is 0 Å². The normalized spacial score (nSPS) is 15.6. The molecule has 30 heavy (non-hydrogen) atoms. The number of benzene rings is 2. The monoisotopic (exact) mass is 429 g/mol. The molecule has 1 heterocycles. The Morgan fingerprint density at radius 1 is 1.13 bits per heavy atom. The van der Waals surface area contributed by atoms with Crippen LogP contribution in [0.1, 0.15) is 22.3 Å². The molecule has 9 heteroatoms. The number of hydrogen-bond acceptors (Lipinski definition) is 5. The van der Waals surface area contributed by atoms with Gasteiger partial charge in [-0.2, -0.15) is 0 Å². The number of halogens is 1. The van der Waals surface area contributed by atoms with Crippen molar-refractivity contribution in [2.45, 2.75) is 13.3 Å². The summed E-state index contributed by atoms with van der Waals surface area (Å²) in [6.45, 7) is 1.33. The fraction of sp³-hybridized carbons (Fsp3) is 0.238. The Morgan fingerprint density at radius 3 is 2.57 bits per heavy atom. The van der Waals surface area contributed by atoms with Crippen LogP contribution >= 0.6 is 11.6 Å². The number of esters is 1. The summed E-state index contributed by atoms with van der Waals surface area (Å²) in [5.74, 6) is -2.93. The van der Waals surface area contributed by atoms with E-state index in [2.05, 4.69) is 10.7 Å². The van der Waals surface area contributed by atoms with Crippen LogP contribution in [0.4, 0.5) is 5.69 Å². The van der Waals surface area contributed by atoms with Crippen molar-refractivity contribution in [1.82, 2.24) is 10.4 Å². The topological polar surface area (TPSA) is 105 Å². The number of hydrogen-bond donors (Lipinski definition) is 2. The van der Waals surface area contributed by atoms with Crippen molar-refractivity contribution in [3.8, 4) is 0 Å². The van der Waals surface area contributed by atoms with Gasteiger partial charge in [0, 0.05) is 12.1 Å². The lowest BCUT2D eigenvalue weighted by molar-refractivity contribution is -0.151. The van der Waals surface area contributed by atoms with Crippen LogP contribution in [0.25, 0.3) is 0 Å². The van der Waals surface area contributed by atoms with Crippen LogP contribution in [0.3, 0.4) is 0 Å². The number of para-hydroxylation sites is 1. The lowest BCUT2D eigenvalue weighted by Gasteiger charge is -2.18. The number of ether oxygens (including phenoxy) is 1. The summed E-state index contributed by atoms with van der Waals surface area (Å²) in [5, 5.41) is 3.97. The van der Waals surface area contributed by atoms with Crippen LogP contribution in [0.5, 0.6) is 0 Å². The molecule has 0 saturated carbocycles. The lowest BCUT2D eigenvalue weighted by Crippen LogP contribution is -2.43. The first kappa shape index (κ1) is 21.3. The zero-order valence-corrected chi connectivity index (χ0v) is 16.9. The van der Waals surface area contributed by atoms with E-state index in [1.54, 1.807) is 30.3 Å². The highest BCUT2D eigenvalue weighted by Gasteiger charge is 2.36. The van der Waals surface area contributed by atoms with E-state index in [0.29, 0.717) is 5.69 Å². The largest absolute Gasteiger partial charge is 0.455 e. The van der Waals surface area contributed by atoms with Crippen molar-refractivity contribution in [3.05, 3.63) is 64.7 Å². The Hall–Kier alpha value is -3.39. The van der Waals surface area contributed by atoms with Gasteiger partial charge < -0.3 is 10.1 Å². The van der Waals surface area contributed by atoms with E-state index >= 15 is 0 Å². The summed E-state index contributed by atoms with van der Waals surface area (Å²) < 4.78 is 5.04. The van der Waals surface area contributed by atoms with Crippen LogP contribution in [-0.4, -0.2) is 41.9 Å². The zero-order chi connectivity index (χ0) is 21.7. The summed E-state index contributed by atoms with van der Waals surface area (Å²) in [7, 11) is 0. The summed E-state index contributed by atoms with van der Waals surface area (Å²) in [6.07, 6.45) is -0.124. The number of hydrazine groups is 1. The fourth-order valence-electron chi connectivity index (χ4n) is 2.96. The minimum Gasteiger partial charge on any atom is -0.455 e. The predicted molar refractivity (Wildman–Crippen MR) is 110 cm³/mol. The molecular weight excluding hydrogens is 410 g/mol. The molecule has 2 aromatic carbocycles. The Morgan fingerprint density at radius 2 is 1.83 bits per heavy atom. The van der Waals surface area contributed by atoms with Crippen molar-refractivity contribution >= 4 is 41.0 Å². The standard InChI is InChI=1S/C21H20ClN3O5/c1-13-6-2-5-9-17(13)23-18(26)12-30-21(29)14-10-19(27)25(11-14)24-20(28)15-7-3-4-8-16(15)22/h2-9,14H,10-12H2,1H3,(H,23,26)(H,24,28)/t14-/m0/s1. The van der Waals surface area contributed by atoms with Gasteiger partial charge in [0.2, 0.25) is 5.91 Å². The summed E-state index contributed by atoms with van der Waals surface area (Å²) in [5.41, 5.74) is 4.17. The van der Waals surface area contributed by atoms with E-state index in [1.165, 1.54) is 6.07 Å². The molecule has 1 saturated heterocycles. The maximum atomic E-state index is 12.3. The Balaban J connectivity index is 1.50. The van der Waals surface area contributed by atoms with E-state index in [4.69, 9.17) is 16.3 Å². The Labute approximate surface area is 178 Å². The average molecular weight is 430 g/mol. The van der Waals surface area contributed by atoms with Gasteiger partial charge >= 0.3 is 5.97 Å². The minimum absolute atomic E-state index is 0.0483. The second kappa shape index (κ2) is 9.41. The minimum atomic E-state index is -0.782. The van der Waals surface area contributed by atoms with Crippen LogP contribution in [0.15, 0.2) is 48.5 Å². The first-order chi connectivity index (χ1) is 14.3. The van der Waals surface area contributed by atoms with Crippen LogP contribution < -0.4 is 10.7 Å². The van der Waals surface area contributed by atoms with Crippen LogP contribution in [0, 0.1) is 12.8 Å². The first-order valence-corrected chi connectivity index (χ1v) is 9.61. The SMILES string of the molecule is Cc1ccccc1NC(=O)COC(=O)[C@H]1CC(=O)N(NC(=O)c2ccccc2Cl)C1. The third kappa shape index (κ3) is 5.15. The Kier molecular flexibility index (Phi) is 6.68. The van der Waals surface area contributed by atoms with E-state index in [-0.39, 0.29) is 23.6 Å². The highest BCUT2D eigenvalue weighted by atomic mass is 35.5. The van der Waals surface area contributed by atoms with Gasteiger partial charge in [0.25, 0.3) is 11.8 Å². The number of nitrogens with zero attached hydrogens (tertiary/aromatic N) is 1. The van der Waals surface area contributed by atoms with Crippen molar-refractivity contribution in [3.63, 3.8) is 0 Å². The third-order valence-corrected chi connectivity index (χ3v) is 4.91. The first-order valence-electron chi connectivity index (χ1n) is 9.23. The predicted octanol–water partition coefficient (Wildman–Crippen LogP) is 2.32. The molecule has 2 aromatic rings. The molecule has 0 spiro atoms. The molecule has 3 amide bonds. The molecule has 0 aromatic heterocycles. The summed E-state index contributed by atoms with van der Waals surface area (Å²) in [6, 6.07) is 13.6. The molecular formula is C21H20ClN3O5. The molecule has 8 nitrogen and oxygen atoms in total. The molecule has 0 bridgehead atoms. The highest BCUT2D eigenvalue weighted by Crippen LogP contribution is 2.20. The third-order valence-electron chi connectivity index (χ3n) is 4.58. The maximum absolute atomic E-state index is 12.3. The van der Waals surface area contributed by atoms with Crippen LogP contribution in [0.2, 0.25) is 5.02 Å². The molecule has 2 N–H and O–H groups in total. The fourth-order valence-corrected chi connectivity index (χ4v) is 3.18. The highest BCUT2D eigenvalue weighted by molar-refractivity contribution is 6.33. The molecule has 3 rings (SSSR count). The second-order valence-electron chi connectivity index (χ2n) is 6.80. The van der Waals surface area contributed by atoms with Gasteiger partial charge in [0.15, 0.2) is 6.61 Å². The van der Waals surface area contributed by atoms with Gasteiger partial charge in [0.05, 0.1) is 23.0 Å². The Bertz CT molecular complexity index is 994. The number of rotatable bonds is 6. The molecule has 0 unspecified atom stereocenters. The number of carbonyl (C=O) groups excluding carboxylic acids is 4. The number of anilines is 1. The molecule has 0 radical (unpaired) electrons. The summed E-state index contributed by atoms with van der Waals surface area (Å²) in [4.78, 5) is 48.7. The van der Waals surface area contributed by atoms with Crippen molar-refractivity contribution < 1.29 is 23.9 Å². The van der Waals surface area contributed by atoms with Gasteiger partial charge in [-0.15, -0.1) is 0 Å². The van der Waals surface area contributed by atoms with Gasteiger partial charge in [0.1, 0.15) is 0 Å². The van der Waals surface area contributed by atoms with Gasteiger partial charge in [-0.25, -0.2) is 0 Å². The molecule has 1 atom stereocenters. The zero-order valence-electron chi connectivity index (χ0n) is 16.2. The van der Waals surface area contributed by atoms with Gasteiger partial charge in [-0.3, -0.25) is 29.6 Å². The molecule has 1 fully saturated rings. The van der Waals surface area contributed by atoms with E-state index in [1.807, 2.05) is 19.1 Å². The second-order valence-corrected chi connectivity index (χ2v) is 7.20. The molecule has 1 aliphatic heterocycles. The van der Waals surface area contributed by atoms with E-state index in [9.17, 15) is 19.2 Å². The van der Waals surface area contributed by atoms with Crippen molar-refractivity contribution in [2.75, 3.05) is 18.5 Å². The molecule has 156 valence electrons.